The summed E-state index contributed by atoms with van der Waals surface area (Å²) in [7, 11) is 0. The first-order chi connectivity index (χ1) is 40.2. The summed E-state index contributed by atoms with van der Waals surface area (Å²) in [6.45, 7) is 15.5. The molecule has 3 heterocycles. The van der Waals surface area contributed by atoms with Gasteiger partial charge in [0.1, 0.15) is 29.0 Å². The van der Waals surface area contributed by atoms with Crippen molar-refractivity contribution in [1.82, 2.24) is 18.7 Å². The highest BCUT2D eigenvalue weighted by molar-refractivity contribution is 6.09. The molecule has 0 unspecified atom stereocenters. The van der Waals surface area contributed by atoms with Gasteiger partial charge in [0, 0.05) is 47.3 Å². The van der Waals surface area contributed by atoms with Gasteiger partial charge in [-0.15, -0.1) is 0 Å². The highest BCUT2D eigenvalue weighted by Gasteiger charge is 2.40. The van der Waals surface area contributed by atoms with E-state index < -0.39 is 11.6 Å². The Morgan fingerprint density at radius 1 is 0.458 bits per heavy atom. The Morgan fingerprint density at radius 2 is 1.02 bits per heavy atom. The lowest BCUT2D eigenvalue weighted by atomic mass is 9.87. The van der Waals surface area contributed by atoms with E-state index in [1.807, 2.05) is 42.6 Å². The van der Waals surface area contributed by atoms with E-state index >= 15 is 8.78 Å². The molecule has 0 aliphatic carbocycles. The average molecular weight is 1090 g/mol. The number of ether oxygens (including phenoxy) is 1. The summed E-state index contributed by atoms with van der Waals surface area (Å²) >= 11 is 0. The Kier molecular flexibility index (Phi) is 13.5. The Hall–Kier alpha value is -9.81. The van der Waals surface area contributed by atoms with Crippen LogP contribution in [-0.4, -0.2) is 15.6 Å². The van der Waals surface area contributed by atoms with Gasteiger partial charge in [-0.05, 0) is 148 Å². The molecule has 7 heteroatoms. The number of hydrogen-bond donors (Lipinski definition) is 0. The van der Waals surface area contributed by atoms with Crippen molar-refractivity contribution in [2.24, 2.45) is 0 Å². The smallest absolute Gasteiger partial charge is 0.457 e. The molecule has 0 saturated carbocycles. The molecule has 10 aromatic carbocycles. The molecule has 12 aromatic rings. The van der Waals surface area contributed by atoms with Crippen LogP contribution in [0.1, 0.15) is 77.0 Å². The van der Waals surface area contributed by atoms with E-state index in [-0.39, 0.29) is 17.3 Å². The molecule has 0 spiro atoms. The second-order valence-corrected chi connectivity index (χ2v) is 23.3. The summed E-state index contributed by atoms with van der Waals surface area (Å²) in [4.78, 5) is 4.97. The Balaban J connectivity index is 1.08. The fourth-order valence-electron chi connectivity index (χ4n) is 11.8. The van der Waals surface area contributed by atoms with Gasteiger partial charge in [-0.2, -0.15) is 0 Å². The van der Waals surface area contributed by atoms with E-state index in [1.54, 1.807) is 0 Å². The standard InChI is InChI=1S/C76H62F2N4O/c1-48(2)52-36-53(49(3)4)38-54(37-52)65-27-19-28-66(55-39-58(77)44-59(78)40-55)75(65)81-47-80(70-30-16-17-31-71(70)81)60-41-56(74-63(50-20-10-8-11-21-50)25-18-26-64(74)51-22-12-9-13-23-51)42-62(45-60)83-61-32-33-68-67-24-14-15-29-69(67)82(72(68)46-61)73-43-57(34-35-79-73)76(5,6)7/h8-46,48-49H,1-7H3/q+2. The first-order valence-corrected chi connectivity index (χ1v) is 28.5. The van der Waals surface area contributed by atoms with Gasteiger partial charge < -0.3 is 4.74 Å². The highest BCUT2D eigenvalue weighted by atomic mass is 19.1. The average Bonchev–Trinajstić information content (AvgIpc) is 2.52. The monoisotopic (exact) mass is 1080 g/mol. The quantitative estimate of drug-likeness (QED) is 0.114. The molecule has 1 aliphatic rings. The number of aromatic nitrogens is 2. The van der Waals surface area contributed by atoms with Gasteiger partial charge in [-0.1, -0.05) is 182 Å². The molecule has 5 nitrogen and oxygen atoms in total. The van der Waals surface area contributed by atoms with Crippen LogP contribution in [0.15, 0.2) is 237 Å². The van der Waals surface area contributed by atoms with Crippen molar-refractivity contribution < 1.29 is 13.5 Å². The number of rotatable bonds is 12. The summed E-state index contributed by atoms with van der Waals surface area (Å²) in [6.07, 6.45) is 1.90. The lowest BCUT2D eigenvalue weighted by Crippen LogP contribution is -2.12. The molecule has 0 fully saturated rings. The van der Waals surface area contributed by atoms with Crippen LogP contribution >= 0.6 is 0 Å². The van der Waals surface area contributed by atoms with Gasteiger partial charge in [-0.25, -0.2) is 13.8 Å². The van der Waals surface area contributed by atoms with Crippen molar-refractivity contribution in [3.63, 3.8) is 0 Å². The highest BCUT2D eigenvalue weighted by Crippen LogP contribution is 2.48. The number of hydrogen-bond acceptors (Lipinski definition) is 2. The van der Waals surface area contributed by atoms with E-state index in [1.165, 1.54) is 28.8 Å². The van der Waals surface area contributed by atoms with Gasteiger partial charge in [0.15, 0.2) is 0 Å². The number of halogens is 2. The van der Waals surface area contributed by atoms with Crippen molar-refractivity contribution in [1.29, 1.82) is 0 Å². The summed E-state index contributed by atoms with van der Waals surface area (Å²) in [5, 5.41) is 2.21. The minimum atomic E-state index is -0.654. The van der Waals surface area contributed by atoms with E-state index in [4.69, 9.17) is 9.72 Å². The number of fused-ring (bicyclic) bond motifs is 4. The van der Waals surface area contributed by atoms with E-state index in [0.29, 0.717) is 22.6 Å². The van der Waals surface area contributed by atoms with Crippen molar-refractivity contribution in [2.75, 3.05) is 0 Å². The maximum Gasteiger partial charge on any atom is 0.503 e. The van der Waals surface area contributed by atoms with Crippen LogP contribution in [0.4, 0.5) is 31.5 Å². The molecule has 404 valence electrons. The molecule has 0 radical (unpaired) electrons. The maximum atomic E-state index is 15.5. The molecule has 83 heavy (non-hydrogen) atoms. The summed E-state index contributed by atoms with van der Waals surface area (Å²) < 4.78 is 44.6. The molecule has 0 bridgehead atoms. The minimum Gasteiger partial charge on any atom is -0.457 e. The third-order valence-corrected chi connectivity index (χ3v) is 16.0. The minimum absolute atomic E-state index is 0.0853. The summed E-state index contributed by atoms with van der Waals surface area (Å²) in [5.74, 6) is 1.29. The van der Waals surface area contributed by atoms with E-state index in [9.17, 15) is 0 Å². The molecule has 0 atom stereocenters. The molecule has 0 saturated heterocycles. The number of para-hydroxylation sites is 4. The molecule has 1 aliphatic heterocycles. The van der Waals surface area contributed by atoms with Crippen LogP contribution in [0, 0.1) is 11.6 Å². The zero-order valence-corrected chi connectivity index (χ0v) is 47.6. The van der Waals surface area contributed by atoms with Crippen LogP contribution in [0.5, 0.6) is 11.5 Å². The molecular formula is C76H62F2N4O+2. The van der Waals surface area contributed by atoms with Crippen molar-refractivity contribution in [3.8, 4) is 73.0 Å². The van der Waals surface area contributed by atoms with Gasteiger partial charge in [0.05, 0.1) is 28.2 Å². The second kappa shape index (κ2) is 21.3. The number of benzene rings is 10. The maximum absolute atomic E-state index is 15.5. The van der Waals surface area contributed by atoms with Gasteiger partial charge in [0.25, 0.3) is 11.4 Å². The molecule has 2 aromatic heterocycles. The molecule has 13 rings (SSSR count). The predicted molar refractivity (Wildman–Crippen MR) is 340 cm³/mol. The SMILES string of the molecule is CC(C)c1cc(-c2cccc(-c3cc(F)cc(F)c3)c2[N+]2=C=[N+](c3cc(Oc4ccc5c6ccccc6n(-c6cc(C(C)(C)C)ccn6)c5c4)cc(-c4c(-c5ccccc5)cccc4-c4ccccc4)c3)c3ccccc32)cc(C(C)C)c1. The molecule has 0 amide bonds. The van der Waals surface area contributed by atoms with E-state index in [0.717, 1.165) is 101 Å². The van der Waals surface area contributed by atoms with Crippen LogP contribution < -0.4 is 13.9 Å². The summed E-state index contributed by atoms with van der Waals surface area (Å²) in [5.41, 5.74) is 18.0. The first-order valence-electron chi connectivity index (χ1n) is 28.5. The molecular weight excluding hydrogens is 1020 g/mol. The van der Waals surface area contributed by atoms with Crippen LogP contribution in [0.25, 0.3) is 83.3 Å². The first kappa shape index (κ1) is 52.6. The van der Waals surface area contributed by atoms with Gasteiger partial charge >= 0.3 is 6.01 Å². The van der Waals surface area contributed by atoms with Gasteiger partial charge in [0.2, 0.25) is 11.4 Å². The predicted octanol–water partition coefficient (Wildman–Crippen LogP) is 21.0. The lowest BCUT2D eigenvalue weighted by molar-refractivity contribution is 0.483. The van der Waals surface area contributed by atoms with Crippen molar-refractivity contribution in [2.45, 2.75) is 65.7 Å². The lowest BCUT2D eigenvalue weighted by Gasteiger charge is -2.20. The fourth-order valence-corrected chi connectivity index (χ4v) is 11.8. The Morgan fingerprint density at radius 3 is 1.65 bits per heavy atom. The van der Waals surface area contributed by atoms with Crippen molar-refractivity contribution >= 4 is 50.6 Å². The third-order valence-electron chi connectivity index (χ3n) is 16.0. The third kappa shape index (κ3) is 9.94. The second-order valence-electron chi connectivity index (χ2n) is 23.3. The van der Waals surface area contributed by atoms with Gasteiger partial charge in [-0.3, -0.25) is 4.57 Å². The fraction of sp³-hybridized carbons (Fsp3) is 0.132. The van der Waals surface area contributed by atoms with Crippen LogP contribution in [0.3, 0.4) is 0 Å². The Labute approximate surface area is 484 Å². The number of nitrogens with zero attached hydrogens (tertiary/aromatic N) is 4. The normalized spacial score (nSPS) is 12.3. The molecule has 0 N–H and O–H groups in total. The van der Waals surface area contributed by atoms with Crippen molar-refractivity contribution in [3.05, 3.63) is 265 Å². The van der Waals surface area contributed by atoms with Crippen LogP contribution in [0.2, 0.25) is 0 Å². The summed E-state index contributed by atoms with van der Waals surface area (Å²) in [6, 6.07) is 81.8. The van der Waals surface area contributed by atoms with E-state index in [2.05, 4.69) is 244 Å². The topological polar surface area (TPSA) is 33.1 Å². The Bertz CT molecular complexity index is 4480. The largest absolute Gasteiger partial charge is 0.503 e. The zero-order valence-electron chi connectivity index (χ0n) is 47.6. The number of pyridine rings is 1. The zero-order chi connectivity index (χ0) is 57.1. The van der Waals surface area contributed by atoms with Crippen LogP contribution in [-0.2, 0) is 5.41 Å².